The largest absolute Gasteiger partial charge is 0.456 e. The number of ether oxygens (including phenoxy) is 1. The van der Waals surface area contributed by atoms with Crippen LogP contribution in [0, 0.1) is 13.8 Å². The first-order chi connectivity index (χ1) is 16.3. The van der Waals surface area contributed by atoms with Gasteiger partial charge in [-0.25, -0.2) is 0 Å². The zero-order valence-electron chi connectivity index (χ0n) is 18.9. The molecule has 2 N–H and O–H groups in total. The van der Waals surface area contributed by atoms with Crippen molar-refractivity contribution in [2.24, 2.45) is 0 Å². The van der Waals surface area contributed by atoms with Crippen LogP contribution in [0.15, 0.2) is 76.5 Å². The molecule has 3 aromatic rings. The van der Waals surface area contributed by atoms with Crippen LogP contribution < -0.4 is 10.6 Å². The number of aryl methyl sites for hydroxylation is 2. The van der Waals surface area contributed by atoms with Gasteiger partial charge in [0.15, 0.2) is 6.61 Å². The molecule has 2 amide bonds. The first-order valence-corrected chi connectivity index (χ1v) is 11.8. The summed E-state index contributed by atoms with van der Waals surface area (Å²) in [5.74, 6) is -1.35. The second-order valence-corrected chi connectivity index (χ2v) is 9.22. The first kappa shape index (κ1) is 25.3. The van der Waals surface area contributed by atoms with Gasteiger partial charge < -0.3 is 15.4 Å². The van der Waals surface area contributed by atoms with Gasteiger partial charge in [-0.3, -0.25) is 14.4 Å². The Kier molecular flexibility index (Phi) is 9.13. The maximum absolute atomic E-state index is 12.1. The fraction of sp³-hybridized carbons (Fsp3) is 0.192. The van der Waals surface area contributed by atoms with Gasteiger partial charge in [-0.2, -0.15) is 0 Å². The highest BCUT2D eigenvalue weighted by Gasteiger charge is 2.11. The van der Waals surface area contributed by atoms with Gasteiger partial charge in [-0.05, 0) is 85.6 Å². The number of hydrogen-bond acceptors (Lipinski definition) is 5. The van der Waals surface area contributed by atoms with E-state index in [1.54, 1.807) is 30.0 Å². The number of nitrogens with one attached hydrogen (secondary N) is 2. The molecule has 0 aliphatic rings. The summed E-state index contributed by atoms with van der Waals surface area (Å²) in [6, 6.07) is 20.5. The predicted octanol–water partition coefficient (Wildman–Crippen LogP) is 6.01. The molecule has 0 bridgehead atoms. The zero-order chi connectivity index (χ0) is 24.5. The number of esters is 1. The molecule has 34 heavy (non-hydrogen) atoms. The quantitative estimate of drug-likeness (QED) is 0.354. The molecular weight excluding hydrogens is 472 g/mol. The fourth-order valence-electron chi connectivity index (χ4n) is 2.92. The topological polar surface area (TPSA) is 84.5 Å². The molecule has 0 aromatic heterocycles. The molecule has 0 heterocycles. The van der Waals surface area contributed by atoms with E-state index in [2.05, 4.69) is 10.6 Å². The van der Waals surface area contributed by atoms with Crippen molar-refractivity contribution < 1.29 is 19.1 Å². The van der Waals surface area contributed by atoms with Crippen molar-refractivity contribution in [1.29, 1.82) is 0 Å². The number of amides is 2. The van der Waals surface area contributed by atoms with Crippen LogP contribution in [0.5, 0.6) is 0 Å². The summed E-state index contributed by atoms with van der Waals surface area (Å²) in [6.45, 7) is 3.53. The smallest absolute Gasteiger partial charge is 0.306 e. The third-order valence-corrected chi connectivity index (χ3v) is 6.17. The number of benzene rings is 3. The lowest BCUT2D eigenvalue weighted by molar-refractivity contribution is -0.147. The number of anilines is 2. The van der Waals surface area contributed by atoms with Gasteiger partial charge in [0.25, 0.3) is 5.91 Å². The van der Waals surface area contributed by atoms with Crippen LogP contribution >= 0.6 is 23.4 Å². The Bertz CT molecular complexity index is 1160. The van der Waals surface area contributed by atoms with Crippen LogP contribution in [0.4, 0.5) is 11.4 Å². The zero-order valence-corrected chi connectivity index (χ0v) is 20.5. The van der Waals surface area contributed by atoms with E-state index < -0.39 is 18.5 Å². The summed E-state index contributed by atoms with van der Waals surface area (Å²) in [5, 5.41) is 6.12. The number of halogens is 1. The molecule has 0 saturated carbocycles. The Labute approximate surface area is 208 Å². The summed E-state index contributed by atoms with van der Waals surface area (Å²) in [5.41, 5.74) is 3.44. The fourth-order valence-corrected chi connectivity index (χ4v) is 3.86. The van der Waals surface area contributed by atoms with Gasteiger partial charge in [0.2, 0.25) is 5.91 Å². The van der Waals surface area contributed by atoms with Crippen molar-refractivity contribution in [3.63, 3.8) is 0 Å². The lowest BCUT2D eigenvalue weighted by Crippen LogP contribution is -2.21. The maximum Gasteiger partial charge on any atom is 0.306 e. The van der Waals surface area contributed by atoms with E-state index >= 15 is 0 Å². The molecule has 6 nitrogen and oxygen atoms in total. The Morgan fingerprint density at radius 1 is 0.765 bits per heavy atom. The van der Waals surface area contributed by atoms with Crippen LogP contribution in [-0.4, -0.2) is 24.4 Å². The molecule has 0 saturated heterocycles. The van der Waals surface area contributed by atoms with Crippen molar-refractivity contribution in [3.8, 4) is 0 Å². The molecule has 3 aromatic carbocycles. The summed E-state index contributed by atoms with van der Waals surface area (Å²) < 4.78 is 4.97. The highest BCUT2D eigenvalue weighted by Crippen LogP contribution is 2.29. The van der Waals surface area contributed by atoms with Crippen LogP contribution in [0.3, 0.4) is 0 Å². The number of carbonyl (C=O) groups is 3. The van der Waals surface area contributed by atoms with Gasteiger partial charge in [-0.1, -0.05) is 29.4 Å². The maximum atomic E-state index is 12.1. The predicted molar refractivity (Wildman–Crippen MR) is 135 cm³/mol. The summed E-state index contributed by atoms with van der Waals surface area (Å²) >= 11 is 7.49. The molecule has 176 valence electrons. The third kappa shape index (κ3) is 8.24. The van der Waals surface area contributed by atoms with Gasteiger partial charge >= 0.3 is 5.97 Å². The number of hydrogen-bond donors (Lipinski definition) is 2. The summed E-state index contributed by atoms with van der Waals surface area (Å²) in [4.78, 5) is 38.1. The van der Waals surface area contributed by atoms with E-state index in [1.165, 1.54) is 0 Å². The van der Waals surface area contributed by atoms with Crippen LogP contribution in [0.2, 0.25) is 5.02 Å². The molecule has 0 aliphatic carbocycles. The van der Waals surface area contributed by atoms with Crippen molar-refractivity contribution in [2.75, 3.05) is 17.2 Å². The van der Waals surface area contributed by atoms with Crippen LogP contribution in [0.1, 0.15) is 24.0 Å². The monoisotopic (exact) mass is 496 g/mol. The molecule has 0 unspecified atom stereocenters. The van der Waals surface area contributed by atoms with E-state index in [0.29, 0.717) is 16.4 Å². The van der Waals surface area contributed by atoms with Crippen LogP contribution in [0.25, 0.3) is 0 Å². The highest BCUT2D eigenvalue weighted by atomic mass is 35.5. The highest BCUT2D eigenvalue weighted by molar-refractivity contribution is 7.99. The molecule has 0 atom stereocenters. The summed E-state index contributed by atoms with van der Waals surface area (Å²) in [7, 11) is 0. The van der Waals surface area contributed by atoms with Gasteiger partial charge in [0.1, 0.15) is 0 Å². The molecule has 0 radical (unpaired) electrons. The van der Waals surface area contributed by atoms with E-state index in [4.69, 9.17) is 16.3 Å². The molecular formula is C26H25ClN2O4S. The lowest BCUT2D eigenvalue weighted by atomic mass is 10.1. The summed E-state index contributed by atoms with van der Waals surface area (Å²) in [6.07, 6.45) is -0.161. The molecule has 0 fully saturated rings. The first-order valence-electron chi connectivity index (χ1n) is 10.6. The van der Waals surface area contributed by atoms with Crippen molar-refractivity contribution in [2.45, 2.75) is 36.5 Å². The number of carbonyl (C=O) groups excluding carboxylic acids is 3. The van der Waals surface area contributed by atoms with E-state index in [1.807, 2.05) is 62.4 Å². The van der Waals surface area contributed by atoms with Crippen molar-refractivity contribution in [3.05, 3.63) is 82.9 Å². The minimum absolute atomic E-state index is 0.0428. The van der Waals surface area contributed by atoms with Crippen molar-refractivity contribution in [1.82, 2.24) is 0 Å². The Morgan fingerprint density at radius 2 is 1.35 bits per heavy atom. The average Bonchev–Trinajstić information content (AvgIpc) is 2.81. The van der Waals surface area contributed by atoms with Gasteiger partial charge in [0, 0.05) is 32.6 Å². The Hall–Kier alpha value is -3.29. The standard InChI is InChI=1S/C26H25ClN2O4S/c1-17-3-6-21(15-18(17)2)29-25(31)16-33-26(32)14-13-24(30)28-20-7-11-23(12-8-20)34-22-9-4-19(27)5-10-22/h3-12,15H,13-14,16H2,1-2H3,(H,28,30)(H,29,31). The van der Waals surface area contributed by atoms with Crippen LogP contribution in [-0.2, 0) is 19.1 Å². The third-order valence-electron chi connectivity index (χ3n) is 4.90. The minimum atomic E-state index is -0.611. The second kappa shape index (κ2) is 12.3. The molecule has 0 aliphatic heterocycles. The Morgan fingerprint density at radius 3 is 2.00 bits per heavy atom. The molecule has 0 spiro atoms. The average molecular weight is 497 g/mol. The number of rotatable bonds is 9. The molecule has 8 heteroatoms. The van der Waals surface area contributed by atoms with E-state index in [9.17, 15) is 14.4 Å². The second-order valence-electron chi connectivity index (χ2n) is 7.64. The Balaban J connectivity index is 1.36. The van der Waals surface area contributed by atoms with E-state index in [-0.39, 0.29) is 18.7 Å². The van der Waals surface area contributed by atoms with Gasteiger partial charge in [-0.15, -0.1) is 0 Å². The SMILES string of the molecule is Cc1ccc(NC(=O)COC(=O)CCC(=O)Nc2ccc(Sc3ccc(Cl)cc3)cc2)cc1C. The lowest BCUT2D eigenvalue weighted by Gasteiger charge is -2.09. The molecule has 3 rings (SSSR count). The van der Waals surface area contributed by atoms with Gasteiger partial charge in [0.05, 0.1) is 6.42 Å². The van der Waals surface area contributed by atoms with E-state index in [0.717, 1.165) is 20.9 Å². The minimum Gasteiger partial charge on any atom is -0.456 e. The van der Waals surface area contributed by atoms with Crippen molar-refractivity contribution >= 4 is 52.5 Å². The normalized spacial score (nSPS) is 10.4.